The Labute approximate surface area is 454 Å². The highest BCUT2D eigenvalue weighted by Gasteiger charge is 2.54. The van der Waals surface area contributed by atoms with Crippen molar-refractivity contribution in [3.8, 4) is 78.9 Å². The van der Waals surface area contributed by atoms with Gasteiger partial charge in [0.1, 0.15) is 0 Å². The highest BCUT2D eigenvalue weighted by Crippen LogP contribution is 2.65. The summed E-state index contributed by atoms with van der Waals surface area (Å²) in [5.74, 6) is 4.16. The van der Waals surface area contributed by atoms with Gasteiger partial charge in [0, 0.05) is 16.7 Å². The Bertz CT molecular complexity index is 4310. The molecule has 4 heteroatoms. The van der Waals surface area contributed by atoms with E-state index in [4.69, 9.17) is 6.57 Å². The molecule has 10 aliphatic carbocycles. The molecule has 0 saturated heterocycles. The smallest absolute Gasteiger partial charge is 0.199 e. The van der Waals surface area contributed by atoms with E-state index in [9.17, 15) is 17.1 Å². The molecule has 0 unspecified atom stereocenters. The zero-order chi connectivity index (χ0) is 51.5. The van der Waals surface area contributed by atoms with E-state index >= 15 is 0 Å². The Kier molecular flexibility index (Phi) is 8.45. The van der Waals surface area contributed by atoms with Crippen molar-refractivity contribution in [2.45, 2.75) is 87.9 Å². The van der Waals surface area contributed by atoms with Crippen molar-refractivity contribution in [3.05, 3.63) is 179 Å². The standard InChI is InChI=1S/C74H52N4/c1-77-67-18-17-65(73-31-39-19-40(32-73)21-41(20-39)33-73)64(38-76)71(67)63-30-59-56-25-52-48-11-3-7-45-9-5-13-50(68(45)48)54(52)27-60(56)62(29-58(59)57-26-53-49-12-4-8-46-10-6-14-51(69(46)49)55(53)28-61(57)63)70-47(37-75)15-16-66(72(70)78-2)74-34-42-22-43(35-74)24-44(23-42)36-74/h3-18,25-30,39-44H,19-24,31-36H2. The van der Waals surface area contributed by atoms with Gasteiger partial charge in [-0.15, -0.1) is 0 Å². The molecule has 4 nitrogen and oxygen atoms in total. The van der Waals surface area contributed by atoms with Gasteiger partial charge in [-0.2, -0.15) is 10.5 Å². The first kappa shape index (κ1) is 43.5. The fraction of sp³-hybridized carbons (Fsp3) is 0.270. The highest BCUT2D eigenvalue weighted by molar-refractivity contribution is 6.30. The van der Waals surface area contributed by atoms with Gasteiger partial charge in [0.05, 0.1) is 30.8 Å². The van der Waals surface area contributed by atoms with Gasteiger partial charge < -0.3 is 0 Å². The molecule has 0 heterocycles. The Morgan fingerprint density at radius 1 is 0.385 bits per heavy atom. The van der Waals surface area contributed by atoms with Crippen LogP contribution in [0.3, 0.4) is 0 Å². The first-order chi connectivity index (χ1) is 38.3. The van der Waals surface area contributed by atoms with E-state index in [-0.39, 0.29) is 10.8 Å². The van der Waals surface area contributed by atoms with Crippen molar-refractivity contribution in [1.29, 1.82) is 10.5 Å². The van der Waals surface area contributed by atoms with E-state index in [2.05, 4.69) is 155 Å². The minimum Gasteiger partial charge on any atom is -0.237 e. The van der Waals surface area contributed by atoms with Gasteiger partial charge in [-0.3, -0.25) is 0 Å². The second-order valence-corrected chi connectivity index (χ2v) is 25.9. The number of benzene rings is 10. The van der Waals surface area contributed by atoms with Gasteiger partial charge in [0.2, 0.25) is 0 Å². The monoisotopic (exact) mass is 996 g/mol. The molecule has 78 heavy (non-hydrogen) atoms. The summed E-state index contributed by atoms with van der Waals surface area (Å²) in [7, 11) is 0. The molecular weight excluding hydrogens is 945 g/mol. The molecule has 20 rings (SSSR count). The van der Waals surface area contributed by atoms with Crippen LogP contribution in [0.2, 0.25) is 0 Å². The predicted molar refractivity (Wildman–Crippen MR) is 315 cm³/mol. The van der Waals surface area contributed by atoms with Crippen LogP contribution in [0, 0.1) is 71.3 Å². The van der Waals surface area contributed by atoms with E-state index in [0.717, 1.165) is 115 Å². The summed E-state index contributed by atoms with van der Waals surface area (Å²) in [5, 5.41) is 34.3. The van der Waals surface area contributed by atoms with Crippen molar-refractivity contribution in [1.82, 2.24) is 0 Å². The van der Waals surface area contributed by atoms with Crippen molar-refractivity contribution in [3.63, 3.8) is 0 Å². The molecule has 10 aliphatic rings. The molecule has 0 aromatic heterocycles. The van der Waals surface area contributed by atoms with Crippen molar-refractivity contribution >= 4 is 65.2 Å². The Morgan fingerprint density at radius 2 is 0.769 bits per heavy atom. The van der Waals surface area contributed by atoms with Gasteiger partial charge in [0.25, 0.3) is 0 Å². The minimum absolute atomic E-state index is 0.0650. The largest absolute Gasteiger partial charge is 0.237 e. The topological polar surface area (TPSA) is 56.3 Å². The maximum absolute atomic E-state index is 11.8. The second-order valence-electron chi connectivity index (χ2n) is 25.9. The van der Waals surface area contributed by atoms with Crippen LogP contribution >= 0.6 is 0 Å². The van der Waals surface area contributed by atoms with Gasteiger partial charge in [-0.25, -0.2) is 9.69 Å². The molecule has 0 radical (unpaired) electrons. The normalized spacial score (nSPS) is 25.9. The van der Waals surface area contributed by atoms with E-state index in [1.807, 2.05) is 0 Å². The summed E-state index contributed by atoms with van der Waals surface area (Å²) < 4.78 is 0. The number of hydrogen-bond donors (Lipinski definition) is 0. The van der Waals surface area contributed by atoms with Crippen molar-refractivity contribution in [2.75, 3.05) is 0 Å². The van der Waals surface area contributed by atoms with Crippen molar-refractivity contribution < 1.29 is 0 Å². The predicted octanol–water partition coefficient (Wildman–Crippen LogP) is 19.9. The molecule has 8 fully saturated rings. The summed E-state index contributed by atoms with van der Waals surface area (Å²) >= 11 is 0. The highest BCUT2D eigenvalue weighted by atomic mass is 14.7. The third-order valence-electron chi connectivity index (χ3n) is 21.9. The van der Waals surface area contributed by atoms with Crippen LogP contribution in [-0.4, -0.2) is 0 Å². The van der Waals surface area contributed by atoms with E-state index in [0.29, 0.717) is 58.0 Å². The summed E-state index contributed by atoms with van der Waals surface area (Å²) in [5.41, 5.74) is 17.3. The molecule has 0 aliphatic heterocycles. The summed E-state index contributed by atoms with van der Waals surface area (Å²) in [6.45, 7) is 18.2. The first-order valence-electron chi connectivity index (χ1n) is 28.8. The number of fused-ring (bicyclic) bond motifs is 11. The fourth-order valence-corrected chi connectivity index (χ4v) is 19.9. The molecule has 0 amide bonds. The van der Waals surface area contributed by atoms with Gasteiger partial charge >= 0.3 is 0 Å². The average Bonchev–Trinajstić information content (AvgIpc) is 4.04. The van der Waals surface area contributed by atoms with Gasteiger partial charge in [-0.05, 0) is 286 Å². The van der Waals surface area contributed by atoms with E-state index < -0.39 is 0 Å². The summed E-state index contributed by atoms with van der Waals surface area (Å²) in [4.78, 5) is 8.93. The lowest BCUT2D eigenvalue weighted by Crippen LogP contribution is -2.48. The molecule has 0 N–H and O–H groups in total. The minimum atomic E-state index is -0.0672. The van der Waals surface area contributed by atoms with E-state index in [1.165, 1.54) is 93.5 Å². The first-order valence-corrected chi connectivity index (χ1v) is 28.8. The lowest BCUT2D eigenvalue weighted by molar-refractivity contribution is -0.00530. The molecule has 8 saturated carbocycles. The molecule has 368 valence electrons. The molecule has 0 atom stereocenters. The van der Waals surface area contributed by atoms with Crippen LogP contribution in [-0.2, 0) is 10.8 Å². The number of hydrogen-bond acceptors (Lipinski definition) is 2. The number of nitrogens with zero attached hydrogens (tertiary/aromatic N) is 4. The number of nitriles is 2. The third-order valence-corrected chi connectivity index (χ3v) is 21.9. The molecule has 10 aromatic carbocycles. The van der Waals surface area contributed by atoms with E-state index in [1.54, 1.807) is 0 Å². The zero-order valence-corrected chi connectivity index (χ0v) is 43.4. The van der Waals surface area contributed by atoms with Crippen molar-refractivity contribution in [2.24, 2.45) is 35.5 Å². The SMILES string of the molecule is [C-]#[N+]c1ccc(C23CC4CC(CC(C4)C2)C3)c(C#N)c1-c1cc2c3cc4c(cc3c(-c3c(C#N)ccc(C56CC7CC(CC(C7)C5)C6)c3[N+]#[C-])cc2c2cc3c(cc12)-c1cccc2cccc-3c12)-c1cccc2cccc-4c12. The average molecular weight is 997 g/mol. The fourth-order valence-electron chi connectivity index (χ4n) is 19.9. The van der Waals surface area contributed by atoms with Crippen LogP contribution in [0.5, 0.6) is 0 Å². The Balaban J connectivity index is 0.998. The maximum atomic E-state index is 11.8. The second kappa shape index (κ2) is 15.1. The van der Waals surface area contributed by atoms with Crippen LogP contribution < -0.4 is 0 Å². The summed E-state index contributed by atoms with van der Waals surface area (Å²) in [6, 6.07) is 54.8. The molecule has 10 aromatic rings. The van der Waals surface area contributed by atoms with Crippen LogP contribution in [0.1, 0.15) is 99.3 Å². The maximum Gasteiger partial charge on any atom is 0.199 e. The molecule has 0 spiro atoms. The molecular formula is C74H52N4. The quantitative estimate of drug-likeness (QED) is 0.130. The Hall–Kier alpha value is -8.54. The third kappa shape index (κ3) is 5.56. The lowest BCUT2D eigenvalue weighted by atomic mass is 9.47. The van der Waals surface area contributed by atoms with Crippen LogP contribution in [0.4, 0.5) is 11.4 Å². The van der Waals surface area contributed by atoms with Crippen LogP contribution in [0.25, 0.3) is 130 Å². The van der Waals surface area contributed by atoms with Crippen LogP contribution in [0.15, 0.2) is 133 Å². The zero-order valence-electron chi connectivity index (χ0n) is 43.4. The van der Waals surface area contributed by atoms with Gasteiger partial charge in [0.15, 0.2) is 11.4 Å². The molecule has 8 bridgehead atoms. The number of rotatable bonds is 4. The summed E-state index contributed by atoms with van der Waals surface area (Å²) in [6.07, 6.45) is 14.6. The Morgan fingerprint density at radius 3 is 1.18 bits per heavy atom. The lowest BCUT2D eigenvalue weighted by Gasteiger charge is -2.57. The van der Waals surface area contributed by atoms with Gasteiger partial charge in [-0.1, -0.05) is 91.0 Å².